The molecule has 0 aliphatic heterocycles. The lowest BCUT2D eigenvalue weighted by Gasteiger charge is -2.33. The van der Waals surface area contributed by atoms with E-state index in [1.807, 2.05) is 51.1 Å². The Balaban J connectivity index is 1.58. The number of nitrogens with two attached hydrogens (primary N) is 1. The number of rotatable bonds is 5. The van der Waals surface area contributed by atoms with E-state index in [2.05, 4.69) is 16.3 Å². The van der Waals surface area contributed by atoms with Gasteiger partial charge in [-0.1, -0.05) is 6.07 Å². The number of aliphatic hydroxyl groups excluding tert-OH is 1. The zero-order valence-electron chi connectivity index (χ0n) is 17.1. The van der Waals surface area contributed by atoms with Crippen LogP contribution in [0, 0.1) is 6.92 Å². The second kappa shape index (κ2) is 7.61. The Hall–Kier alpha value is -2.70. The van der Waals surface area contributed by atoms with E-state index in [9.17, 15) is 5.11 Å². The third-order valence-corrected chi connectivity index (χ3v) is 5.41. The fourth-order valence-corrected chi connectivity index (χ4v) is 3.78. The summed E-state index contributed by atoms with van der Waals surface area (Å²) in [5.41, 5.74) is 10.9. The Morgan fingerprint density at radius 1 is 1.10 bits per heavy atom. The molecule has 6 nitrogen and oxygen atoms in total. The Kier molecular flexibility index (Phi) is 5.15. The number of aromatic nitrogens is 2. The van der Waals surface area contributed by atoms with E-state index in [0.29, 0.717) is 18.2 Å². The van der Waals surface area contributed by atoms with Crippen molar-refractivity contribution < 1.29 is 14.3 Å². The average molecular weight is 393 g/mol. The highest BCUT2D eigenvalue weighted by atomic mass is 16.5. The first-order chi connectivity index (χ1) is 13.9. The van der Waals surface area contributed by atoms with Crippen LogP contribution in [-0.4, -0.2) is 33.6 Å². The summed E-state index contributed by atoms with van der Waals surface area (Å²) in [6.45, 7) is 6.02. The number of nitrogens with zero attached hydrogens (tertiary/aromatic N) is 2. The van der Waals surface area contributed by atoms with Gasteiger partial charge in [-0.05, 0) is 87.1 Å². The smallest absolute Gasteiger partial charge is 0.248 e. The van der Waals surface area contributed by atoms with Crippen molar-refractivity contribution in [2.24, 2.45) is 5.73 Å². The topological polar surface area (TPSA) is 94.4 Å². The first-order valence-corrected chi connectivity index (χ1v) is 10.00. The molecule has 152 valence electrons. The molecular formula is C23H27N3O3. The van der Waals surface area contributed by atoms with Crippen LogP contribution in [0.2, 0.25) is 0 Å². The second-order valence-corrected chi connectivity index (χ2v) is 8.24. The van der Waals surface area contributed by atoms with Gasteiger partial charge in [-0.3, -0.25) is 0 Å². The fraction of sp³-hybridized carbons (Fsp3) is 0.391. The Bertz CT molecular complexity index is 1030. The molecule has 0 saturated heterocycles. The van der Waals surface area contributed by atoms with Crippen LogP contribution < -0.4 is 10.5 Å². The highest BCUT2D eigenvalue weighted by molar-refractivity contribution is 5.61. The third-order valence-electron chi connectivity index (χ3n) is 5.41. The number of aryl methyl sites for hydroxylation is 2. The van der Waals surface area contributed by atoms with Crippen LogP contribution >= 0.6 is 0 Å². The highest BCUT2D eigenvalue weighted by Crippen LogP contribution is 2.32. The lowest BCUT2D eigenvalue weighted by molar-refractivity contribution is 0.181. The van der Waals surface area contributed by atoms with E-state index in [-0.39, 0.29) is 12.7 Å². The summed E-state index contributed by atoms with van der Waals surface area (Å²) in [4.78, 5) is 0. The summed E-state index contributed by atoms with van der Waals surface area (Å²) in [6, 6.07) is 12.0. The Morgan fingerprint density at radius 3 is 2.45 bits per heavy atom. The van der Waals surface area contributed by atoms with E-state index in [1.165, 1.54) is 11.1 Å². The zero-order chi connectivity index (χ0) is 20.6. The highest BCUT2D eigenvalue weighted by Gasteiger charge is 2.30. The van der Waals surface area contributed by atoms with Gasteiger partial charge in [-0.15, -0.1) is 10.2 Å². The maximum atomic E-state index is 9.53. The van der Waals surface area contributed by atoms with Crippen LogP contribution in [0.3, 0.4) is 0 Å². The molecule has 29 heavy (non-hydrogen) atoms. The fourth-order valence-electron chi connectivity index (χ4n) is 3.78. The summed E-state index contributed by atoms with van der Waals surface area (Å²) in [5, 5.41) is 18.0. The number of fused-ring (bicyclic) bond motifs is 1. The van der Waals surface area contributed by atoms with Gasteiger partial charge < -0.3 is 20.0 Å². The van der Waals surface area contributed by atoms with Crippen LogP contribution in [0.25, 0.3) is 22.9 Å². The van der Waals surface area contributed by atoms with Gasteiger partial charge in [0.15, 0.2) is 0 Å². The van der Waals surface area contributed by atoms with Gasteiger partial charge in [0.2, 0.25) is 11.8 Å². The molecule has 4 rings (SSSR count). The summed E-state index contributed by atoms with van der Waals surface area (Å²) in [5.74, 6) is 1.84. The third kappa shape index (κ3) is 4.04. The molecule has 6 heteroatoms. The summed E-state index contributed by atoms with van der Waals surface area (Å²) >= 11 is 0. The maximum Gasteiger partial charge on any atom is 0.248 e. The molecule has 1 aliphatic rings. The lowest BCUT2D eigenvalue weighted by Crippen LogP contribution is -2.48. The first-order valence-electron chi connectivity index (χ1n) is 10.00. The summed E-state index contributed by atoms with van der Waals surface area (Å²) < 4.78 is 11.8. The molecule has 1 heterocycles. The molecule has 1 aromatic heterocycles. The largest absolute Gasteiger partial charge is 0.491 e. The van der Waals surface area contributed by atoms with E-state index < -0.39 is 5.54 Å². The predicted octanol–water partition coefficient (Wildman–Crippen LogP) is 3.68. The zero-order valence-corrected chi connectivity index (χ0v) is 17.1. The standard InChI is InChI=1S/C23H27N3O3/c1-14(2)28-20-7-6-17(10-15(20)3)21-25-26-22(29-21)18-4-5-19-12-23(24,13-27)9-8-16(19)11-18/h4-7,10-11,14,27H,8-9,12-13,24H2,1-3H3. The first kappa shape index (κ1) is 19.6. The maximum absolute atomic E-state index is 9.53. The monoisotopic (exact) mass is 393 g/mol. The molecule has 3 N–H and O–H groups in total. The number of benzene rings is 2. The van der Waals surface area contributed by atoms with E-state index >= 15 is 0 Å². The lowest BCUT2D eigenvalue weighted by atomic mass is 9.78. The van der Waals surface area contributed by atoms with Crippen LogP contribution in [0.15, 0.2) is 40.8 Å². The van der Waals surface area contributed by atoms with Gasteiger partial charge in [-0.25, -0.2) is 0 Å². The second-order valence-electron chi connectivity index (χ2n) is 8.24. The van der Waals surface area contributed by atoms with Gasteiger partial charge >= 0.3 is 0 Å². The number of aliphatic hydroxyl groups is 1. The van der Waals surface area contributed by atoms with Crippen molar-refractivity contribution in [2.75, 3.05) is 6.61 Å². The molecule has 0 spiro atoms. The summed E-state index contributed by atoms with van der Waals surface area (Å²) in [6.07, 6.45) is 2.40. The average Bonchev–Trinajstić information content (AvgIpc) is 3.19. The van der Waals surface area contributed by atoms with Crippen LogP contribution in [0.5, 0.6) is 5.75 Å². The predicted molar refractivity (Wildman–Crippen MR) is 112 cm³/mol. The van der Waals surface area contributed by atoms with Crippen molar-refractivity contribution >= 4 is 0 Å². The van der Waals surface area contributed by atoms with Crippen molar-refractivity contribution in [3.8, 4) is 28.7 Å². The quantitative estimate of drug-likeness (QED) is 0.687. The molecular weight excluding hydrogens is 366 g/mol. The SMILES string of the molecule is Cc1cc(-c2nnc(-c3ccc4c(c3)CCC(N)(CO)C4)o2)ccc1OC(C)C. The summed E-state index contributed by atoms with van der Waals surface area (Å²) in [7, 11) is 0. The van der Waals surface area contributed by atoms with Crippen LogP contribution in [-0.2, 0) is 12.8 Å². The van der Waals surface area contributed by atoms with Crippen molar-refractivity contribution in [1.82, 2.24) is 10.2 Å². The van der Waals surface area contributed by atoms with Gasteiger partial charge in [0.05, 0.1) is 12.7 Å². The normalized spacial score (nSPS) is 18.7. The van der Waals surface area contributed by atoms with Crippen molar-refractivity contribution in [3.63, 3.8) is 0 Å². The van der Waals surface area contributed by atoms with Gasteiger partial charge in [0, 0.05) is 16.7 Å². The molecule has 2 aromatic carbocycles. The molecule has 0 amide bonds. The Labute approximate surface area is 170 Å². The van der Waals surface area contributed by atoms with E-state index in [1.54, 1.807) is 0 Å². The molecule has 1 aliphatic carbocycles. The van der Waals surface area contributed by atoms with Gasteiger partial charge in [0.1, 0.15) is 5.75 Å². The van der Waals surface area contributed by atoms with Crippen LogP contribution in [0.1, 0.15) is 37.0 Å². The number of ether oxygens (including phenoxy) is 1. The minimum atomic E-state index is -0.518. The van der Waals surface area contributed by atoms with Crippen molar-refractivity contribution in [1.29, 1.82) is 0 Å². The van der Waals surface area contributed by atoms with Gasteiger partial charge in [0.25, 0.3) is 0 Å². The number of hydrogen-bond donors (Lipinski definition) is 2. The van der Waals surface area contributed by atoms with Gasteiger partial charge in [-0.2, -0.15) is 0 Å². The number of hydrogen-bond acceptors (Lipinski definition) is 6. The Morgan fingerprint density at radius 2 is 1.79 bits per heavy atom. The minimum Gasteiger partial charge on any atom is -0.491 e. The molecule has 0 saturated carbocycles. The molecule has 0 bridgehead atoms. The molecule has 0 radical (unpaired) electrons. The molecule has 3 aromatic rings. The van der Waals surface area contributed by atoms with Crippen molar-refractivity contribution in [2.45, 2.75) is 51.7 Å². The molecule has 0 fully saturated rings. The minimum absolute atomic E-state index is 0.00161. The van der Waals surface area contributed by atoms with Crippen molar-refractivity contribution in [3.05, 3.63) is 53.1 Å². The van der Waals surface area contributed by atoms with E-state index in [4.69, 9.17) is 14.9 Å². The molecule has 1 atom stereocenters. The van der Waals surface area contributed by atoms with E-state index in [0.717, 1.165) is 35.3 Å². The molecule has 1 unspecified atom stereocenters. The van der Waals surface area contributed by atoms with Crippen LogP contribution in [0.4, 0.5) is 0 Å².